The van der Waals surface area contributed by atoms with E-state index in [1.54, 1.807) is 11.9 Å². The highest BCUT2D eigenvalue weighted by Gasteiger charge is 2.34. The van der Waals surface area contributed by atoms with Gasteiger partial charge in [-0.15, -0.1) is 0 Å². The molecule has 3 aromatic rings. The van der Waals surface area contributed by atoms with Crippen LogP contribution >= 0.6 is 0 Å². The molecule has 4 nitrogen and oxygen atoms in total. The Morgan fingerprint density at radius 2 is 1.74 bits per heavy atom. The number of nitrogens with zero attached hydrogens (tertiary/aromatic N) is 1. The van der Waals surface area contributed by atoms with Gasteiger partial charge in [-0.2, -0.15) is 0 Å². The second-order valence-corrected chi connectivity index (χ2v) is 6.57. The summed E-state index contributed by atoms with van der Waals surface area (Å²) in [6, 6.07) is 17.4. The van der Waals surface area contributed by atoms with E-state index in [0.717, 1.165) is 28.2 Å². The van der Waals surface area contributed by atoms with Crippen LogP contribution in [0.1, 0.15) is 24.5 Å². The fourth-order valence-corrected chi connectivity index (χ4v) is 3.53. The predicted molar refractivity (Wildman–Crippen MR) is 107 cm³/mol. The lowest BCUT2D eigenvalue weighted by Gasteiger charge is -2.28. The predicted octanol–water partition coefficient (Wildman–Crippen LogP) is 4.30. The summed E-state index contributed by atoms with van der Waals surface area (Å²) in [6.45, 7) is 1.96. The third kappa shape index (κ3) is 2.79. The Hall–Kier alpha value is -3.40. The van der Waals surface area contributed by atoms with Crippen LogP contribution in [0.2, 0.25) is 0 Å². The van der Waals surface area contributed by atoms with Crippen LogP contribution in [0.4, 0.5) is 17.1 Å². The van der Waals surface area contributed by atoms with Crippen molar-refractivity contribution in [3.05, 3.63) is 77.5 Å². The van der Waals surface area contributed by atoms with E-state index in [0.29, 0.717) is 12.0 Å². The second kappa shape index (κ2) is 6.72. The van der Waals surface area contributed by atoms with Gasteiger partial charge >= 0.3 is 0 Å². The van der Waals surface area contributed by atoms with Gasteiger partial charge in [0.2, 0.25) is 0 Å². The number of benzene rings is 2. The minimum Gasteiger partial charge on any atom is -0.811 e. The molecule has 0 saturated heterocycles. The Labute approximate surface area is 159 Å². The highest BCUT2D eigenvalue weighted by Crippen LogP contribution is 2.52. The van der Waals surface area contributed by atoms with Crippen LogP contribution in [0.15, 0.2) is 66.4 Å². The van der Waals surface area contributed by atoms with Crippen molar-refractivity contribution in [3.8, 4) is 11.5 Å². The highest BCUT2D eigenvalue weighted by atomic mass is 16.3. The van der Waals surface area contributed by atoms with Crippen LogP contribution in [0.3, 0.4) is 0 Å². The maximum Gasteiger partial charge on any atom is 0.198 e. The van der Waals surface area contributed by atoms with E-state index in [2.05, 4.69) is 5.32 Å². The van der Waals surface area contributed by atoms with Crippen LogP contribution in [-0.4, -0.2) is 7.05 Å². The zero-order valence-electron chi connectivity index (χ0n) is 15.3. The van der Waals surface area contributed by atoms with E-state index in [4.69, 9.17) is 0 Å². The molecular formula is C23H20N2O2. The summed E-state index contributed by atoms with van der Waals surface area (Å²) >= 11 is 0. The summed E-state index contributed by atoms with van der Waals surface area (Å²) in [5.74, 6) is -0.380. The van der Waals surface area contributed by atoms with Crippen LogP contribution < -0.4 is 20.4 Å². The molecule has 1 heterocycles. The Morgan fingerprint density at radius 3 is 2.44 bits per heavy atom. The smallest absolute Gasteiger partial charge is 0.198 e. The Morgan fingerprint density at radius 1 is 1.04 bits per heavy atom. The molecule has 0 fully saturated rings. The van der Waals surface area contributed by atoms with Crippen LogP contribution in [0.5, 0.6) is 11.5 Å². The maximum atomic E-state index is 12.9. The number of fused-ring (bicyclic) bond motifs is 1. The molecule has 0 radical (unpaired) electrons. The lowest BCUT2D eigenvalue weighted by atomic mass is 9.91. The summed E-state index contributed by atoms with van der Waals surface area (Å²) in [4.78, 5) is 1.67. The normalized spacial score (nSPS) is 14.6. The molecule has 1 aliphatic heterocycles. The molecule has 4 heteroatoms. The molecule has 3 aromatic carbocycles. The molecular weight excluding hydrogens is 336 g/mol. The minimum absolute atomic E-state index is 0.190. The molecule has 0 saturated carbocycles. The molecule has 0 unspecified atom stereocenters. The SMILES string of the molecule is CCC(=C1C=Cc2ccccc2N1)[c+]1c([O-])c(N(C)c2ccccc2)[c+]1[O-]. The standard InChI is InChI=1S/C23H20N2O2/c1-3-17(19-14-13-15-9-7-8-12-18(15)24-19)20-22(26)21(23(20)27)25(2)16-10-5-4-6-11-16/h4-14,24H,3H2,1-2H3. The lowest BCUT2D eigenvalue weighted by molar-refractivity contribution is -0.290. The first-order valence-electron chi connectivity index (χ1n) is 9.01. The zero-order chi connectivity index (χ0) is 19.0. The van der Waals surface area contributed by atoms with Crippen molar-refractivity contribution in [1.82, 2.24) is 0 Å². The molecule has 0 atom stereocenters. The average Bonchev–Trinajstić information content (AvgIpc) is 2.72. The van der Waals surface area contributed by atoms with Gasteiger partial charge in [-0.1, -0.05) is 43.3 Å². The van der Waals surface area contributed by atoms with Gasteiger partial charge in [-0.25, -0.2) is 0 Å². The van der Waals surface area contributed by atoms with Crippen molar-refractivity contribution in [1.29, 1.82) is 0 Å². The second-order valence-electron chi connectivity index (χ2n) is 6.57. The van der Waals surface area contributed by atoms with Gasteiger partial charge in [-0.05, 0) is 29.8 Å². The topological polar surface area (TPSA) is 61.4 Å². The van der Waals surface area contributed by atoms with E-state index in [9.17, 15) is 10.2 Å². The Balaban J connectivity index is 1.72. The monoisotopic (exact) mass is 356 g/mol. The zero-order valence-corrected chi connectivity index (χ0v) is 15.3. The van der Waals surface area contributed by atoms with Gasteiger partial charge in [0.1, 0.15) is 17.1 Å². The minimum atomic E-state index is -0.190. The molecule has 134 valence electrons. The van der Waals surface area contributed by atoms with Crippen LogP contribution in [0, 0.1) is 0 Å². The first-order valence-corrected chi connectivity index (χ1v) is 9.01. The fraction of sp³-hybridized carbons (Fsp3) is 0.130. The quantitative estimate of drug-likeness (QED) is 0.708. The summed E-state index contributed by atoms with van der Waals surface area (Å²) in [6.07, 6.45) is 4.54. The van der Waals surface area contributed by atoms with Crippen molar-refractivity contribution >= 4 is 28.7 Å². The van der Waals surface area contributed by atoms with Gasteiger partial charge in [-0.3, -0.25) is 4.90 Å². The van der Waals surface area contributed by atoms with Crippen LogP contribution in [-0.2, 0) is 0 Å². The molecule has 1 N–H and O–H groups in total. The van der Waals surface area contributed by atoms with E-state index >= 15 is 0 Å². The number of rotatable bonds is 4. The van der Waals surface area contributed by atoms with Crippen molar-refractivity contribution in [2.24, 2.45) is 0 Å². The van der Waals surface area contributed by atoms with Gasteiger partial charge in [0, 0.05) is 19.5 Å². The van der Waals surface area contributed by atoms with E-state index in [1.165, 1.54) is 0 Å². The largest absolute Gasteiger partial charge is 0.811 e. The van der Waals surface area contributed by atoms with Crippen molar-refractivity contribution in [3.63, 3.8) is 0 Å². The highest BCUT2D eigenvalue weighted by molar-refractivity contribution is 5.96. The molecule has 27 heavy (non-hydrogen) atoms. The lowest BCUT2D eigenvalue weighted by Crippen LogP contribution is -2.21. The van der Waals surface area contributed by atoms with Gasteiger partial charge < -0.3 is 15.5 Å². The summed E-state index contributed by atoms with van der Waals surface area (Å²) < 4.78 is 0. The van der Waals surface area contributed by atoms with E-state index < -0.39 is 0 Å². The molecule has 0 aromatic heterocycles. The molecule has 1 aliphatic rings. The number of allylic oxidation sites excluding steroid dienone is 2. The summed E-state index contributed by atoms with van der Waals surface area (Å²) in [5.41, 5.74) is 4.99. The van der Waals surface area contributed by atoms with Crippen LogP contribution in [0.25, 0.3) is 11.6 Å². The van der Waals surface area contributed by atoms with Gasteiger partial charge in [0.05, 0.1) is 11.4 Å². The van der Waals surface area contributed by atoms with E-state index in [1.807, 2.05) is 73.7 Å². The van der Waals surface area contributed by atoms with Crippen molar-refractivity contribution < 1.29 is 10.2 Å². The maximum absolute atomic E-state index is 12.9. The first-order chi connectivity index (χ1) is 13.1. The fourth-order valence-electron chi connectivity index (χ4n) is 3.53. The summed E-state index contributed by atoms with van der Waals surface area (Å²) in [7, 11) is 1.75. The number of hydrogen-bond acceptors (Lipinski definition) is 4. The third-order valence-electron chi connectivity index (χ3n) is 5.00. The molecule has 0 amide bonds. The molecule has 0 spiro atoms. The van der Waals surface area contributed by atoms with Gasteiger partial charge in [0.15, 0.2) is 16.9 Å². The number of hydrogen-bond donors (Lipinski definition) is 1. The molecule has 4 rings (SSSR count). The summed E-state index contributed by atoms with van der Waals surface area (Å²) in [5, 5.41) is 29.1. The van der Waals surface area contributed by atoms with Crippen molar-refractivity contribution in [2.45, 2.75) is 13.3 Å². The molecule has 0 aliphatic carbocycles. The first kappa shape index (κ1) is 17.0. The van der Waals surface area contributed by atoms with Crippen molar-refractivity contribution in [2.75, 3.05) is 17.3 Å². The number of nitrogens with one attached hydrogen (secondary N) is 1. The number of para-hydroxylation sites is 2. The Kier molecular flexibility index (Phi) is 4.24. The number of anilines is 3. The third-order valence-corrected chi connectivity index (χ3v) is 5.00. The van der Waals surface area contributed by atoms with Gasteiger partial charge in [0.25, 0.3) is 0 Å². The Bertz CT molecular complexity index is 1000. The van der Waals surface area contributed by atoms with E-state index in [-0.39, 0.29) is 17.2 Å². The molecule has 0 bridgehead atoms. The average molecular weight is 356 g/mol.